The third-order valence-electron chi connectivity index (χ3n) is 8.11. The Balaban J connectivity index is 0.000000305. The Labute approximate surface area is 315 Å². The van der Waals surface area contributed by atoms with Crippen molar-refractivity contribution in [3.63, 3.8) is 0 Å². The lowest BCUT2D eigenvalue weighted by atomic mass is 9.91. The van der Waals surface area contributed by atoms with Gasteiger partial charge in [-0.1, -0.05) is 24.3 Å². The summed E-state index contributed by atoms with van der Waals surface area (Å²) in [5.74, 6) is -9.81. The molecule has 0 bridgehead atoms. The SMILES string of the molecule is CC(C)N1C(=O)NC(=O)C(C(=O)C[C@@H](N)c2cccc(F)c2)C1=O.CC(C)N1C(=O)NC(=O)C(C(=O)C[C@@H](NC(=O)OC(C)(C)C)c2cccc(F)c2)C1=O. The summed E-state index contributed by atoms with van der Waals surface area (Å²) in [6.45, 7) is 11.3. The second-order valence-corrected chi connectivity index (χ2v) is 14.3. The molecule has 2 heterocycles. The van der Waals surface area contributed by atoms with Crippen LogP contribution < -0.4 is 21.7 Å². The van der Waals surface area contributed by atoms with Gasteiger partial charge in [0.25, 0.3) is 11.8 Å². The lowest BCUT2D eigenvalue weighted by Crippen LogP contribution is -2.61. The van der Waals surface area contributed by atoms with Crippen molar-refractivity contribution in [3.05, 3.63) is 71.3 Å². The number of nitrogens with zero attached hydrogens (tertiary/aromatic N) is 2. The van der Waals surface area contributed by atoms with E-state index in [2.05, 4.69) is 5.32 Å². The Morgan fingerprint density at radius 2 is 1.16 bits per heavy atom. The molecular weight excluding hydrogens is 726 g/mol. The summed E-state index contributed by atoms with van der Waals surface area (Å²) in [6.07, 6.45) is -1.67. The van der Waals surface area contributed by atoms with Crippen LogP contribution in [0.25, 0.3) is 0 Å². The van der Waals surface area contributed by atoms with E-state index in [1.54, 1.807) is 54.5 Å². The number of imide groups is 4. The lowest BCUT2D eigenvalue weighted by molar-refractivity contribution is -0.151. The quantitative estimate of drug-likeness (QED) is 0.242. The van der Waals surface area contributed by atoms with Gasteiger partial charge < -0.3 is 15.8 Å². The van der Waals surface area contributed by atoms with Crippen molar-refractivity contribution >= 4 is 53.4 Å². The van der Waals surface area contributed by atoms with Crippen molar-refractivity contribution in [2.45, 2.75) is 91.1 Å². The number of nitrogens with one attached hydrogen (secondary N) is 3. The highest BCUT2D eigenvalue weighted by molar-refractivity contribution is 6.27. The molecule has 0 aliphatic carbocycles. The molecule has 296 valence electrons. The second-order valence-electron chi connectivity index (χ2n) is 14.3. The average molecular weight is 771 g/mol. The molecule has 2 aromatic rings. The van der Waals surface area contributed by atoms with E-state index in [4.69, 9.17) is 10.5 Å². The average Bonchev–Trinajstić information content (AvgIpc) is 3.03. The van der Waals surface area contributed by atoms with Crippen molar-refractivity contribution < 1.29 is 56.7 Å². The van der Waals surface area contributed by atoms with E-state index >= 15 is 0 Å². The van der Waals surface area contributed by atoms with Crippen molar-refractivity contribution in [1.29, 1.82) is 0 Å². The maximum atomic E-state index is 13.7. The van der Waals surface area contributed by atoms with Crippen LogP contribution in [0.2, 0.25) is 0 Å². The fourth-order valence-electron chi connectivity index (χ4n) is 5.66. The number of hydrogen-bond donors (Lipinski definition) is 4. The van der Waals surface area contributed by atoms with Crippen LogP contribution in [-0.4, -0.2) is 80.8 Å². The first-order valence-electron chi connectivity index (χ1n) is 17.2. The number of benzene rings is 2. The van der Waals surface area contributed by atoms with Crippen LogP contribution in [0.1, 0.15) is 84.5 Å². The van der Waals surface area contributed by atoms with Crippen molar-refractivity contribution in [2.75, 3.05) is 0 Å². The third-order valence-corrected chi connectivity index (χ3v) is 8.11. The van der Waals surface area contributed by atoms with E-state index < -0.39 is 113 Å². The summed E-state index contributed by atoms with van der Waals surface area (Å²) >= 11 is 0. The van der Waals surface area contributed by atoms with Crippen molar-refractivity contribution in [2.24, 2.45) is 17.6 Å². The number of carbonyl (C=O) groups is 9. The first-order chi connectivity index (χ1) is 25.5. The predicted molar refractivity (Wildman–Crippen MR) is 189 cm³/mol. The third kappa shape index (κ3) is 11.3. The zero-order valence-corrected chi connectivity index (χ0v) is 31.3. The number of rotatable bonds is 11. The van der Waals surface area contributed by atoms with E-state index in [1.165, 1.54) is 36.4 Å². The molecule has 55 heavy (non-hydrogen) atoms. The molecule has 4 rings (SSSR count). The Morgan fingerprint density at radius 1 is 0.745 bits per heavy atom. The maximum Gasteiger partial charge on any atom is 0.408 e. The number of barbiturate groups is 2. The second kappa shape index (κ2) is 17.9. The zero-order chi connectivity index (χ0) is 41.5. The van der Waals surface area contributed by atoms with Gasteiger partial charge in [-0.3, -0.25) is 49.2 Å². The molecule has 0 saturated carbocycles. The van der Waals surface area contributed by atoms with Crippen LogP contribution in [0.4, 0.5) is 23.2 Å². The summed E-state index contributed by atoms with van der Waals surface area (Å²) in [4.78, 5) is 112. The number of nitrogens with two attached hydrogens (primary N) is 1. The molecule has 18 heteroatoms. The van der Waals surface area contributed by atoms with Gasteiger partial charge in [-0.2, -0.15) is 0 Å². The number of carbonyl (C=O) groups excluding carboxylic acids is 9. The summed E-state index contributed by atoms with van der Waals surface area (Å²) < 4.78 is 32.2. The first-order valence-corrected chi connectivity index (χ1v) is 17.2. The zero-order valence-electron chi connectivity index (χ0n) is 31.3. The minimum Gasteiger partial charge on any atom is -0.444 e. The van der Waals surface area contributed by atoms with Crippen LogP contribution in [0.5, 0.6) is 0 Å². The molecule has 4 atom stereocenters. The molecule has 2 saturated heterocycles. The standard InChI is InChI=1S/C21H26FN3O6.C16H18FN3O4/c1-11(2)25-18(28)16(17(27)24-19(25)29)15(26)10-14(12-7-6-8-13(22)9-12)23-20(30)31-21(3,4)5;1-8(2)20-15(23)13(14(22)19-16(20)24)12(21)7-11(18)9-4-3-5-10(17)6-9/h6-9,11,14,16H,10H2,1-5H3,(H,23,30)(H,24,27,29);3-6,8,11,13H,7,18H2,1-2H3,(H,19,22,24)/t14-,16?;11-,13?/m11/s1. The van der Waals surface area contributed by atoms with Crippen molar-refractivity contribution in [3.8, 4) is 0 Å². The highest BCUT2D eigenvalue weighted by atomic mass is 19.1. The Morgan fingerprint density at radius 3 is 1.58 bits per heavy atom. The highest BCUT2D eigenvalue weighted by Gasteiger charge is 2.47. The molecule has 2 aliphatic heterocycles. The molecule has 5 N–H and O–H groups in total. The summed E-state index contributed by atoms with van der Waals surface area (Å²) in [6, 6.07) is 5.88. The number of ketones is 2. The largest absolute Gasteiger partial charge is 0.444 e. The number of halogens is 2. The van der Waals surface area contributed by atoms with E-state index in [1.807, 2.05) is 10.6 Å². The molecule has 2 fully saturated rings. The minimum atomic E-state index is -1.75. The number of hydrogen-bond acceptors (Lipinski definition) is 11. The van der Waals surface area contributed by atoms with Gasteiger partial charge in [-0.05, 0) is 83.9 Å². The van der Waals surface area contributed by atoms with Gasteiger partial charge in [0.05, 0.1) is 6.04 Å². The van der Waals surface area contributed by atoms with Gasteiger partial charge in [-0.25, -0.2) is 23.2 Å². The molecule has 2 aromatic carbocycles. The molecule has 2 aliphatic rings. The normalized spacial score (nSPS) is 18.6. The predicted octanol–water partition coefficient (Wildman–Crippen LogP) is 3.34. The Kier molecular flexibility index (Phi) is 14.2. The first kappa shape index (κ1) is 43.5. The van der Waals surface area contributed by atoms with E-state index in [-0.39, 0.29) is 12.0 Å². The highest BCUT2D eigenvalue weighted by Crippen LogP contribution is 2.25. The monoisotopic (exact) mass is 770 g/mol. The molecule has 2 unspecified atom stereocenters. The molecule has 0 radical (unpaired) electrons. The van der Waals surface area contributed by atoms with Crippen LogP contribution in [0.3, 0.4) is 0 Å². The molecule has 0 spiro atoms. The Hall–Kier alpha value is -5.91. The fourth-order valence-corrected chi connectivity index (χ4v) is 5.66. The number of alkyl carbamates (subject to hydrolysis) is 1. The minimum absolute atomic E-state index is 0.250. The summed E-state index contributed by atoms with van der Waals surface area (Å²) in [5, 5.41) is 6.49. The van der Waals surface area contributed by atoms with Gasteiger partial charge in [-0.15, -0.1) is 0 Å². The summed E-state index contributed by atoms with van der Waals surface area (Å²) in [7, 11) is 0. The number of Topliss-reactive ketones (excluding diaryl/α,β-unsaturated/α-hetero) is 2. The van der Waals surface area contributed by atoms with E-state index in [0.717, 1.165) is 15.9 Å². The maximum absolute atomic E-state index is 13.7. The van der Waals surface area contributed by atoms with Crippen LogP contribution >= 0.6 is 0 Å². The van der Waals surface area contributed by atoms with Gasteiger partial charge >= 0.3 is 18.2 Å². The summed E-state index contributed by atoms with van der Waals surface area (Å²) in [5.41, 5.74) is 5.68. The van der Waals surface area contributed by atoms with Crippen molar-refractivity contribution in [1.82, 2.24) is 25.8 Å². The molecular formula is C37H44F2N6O10. The van der Waals surface area contributed by atoms with E-state index in [9.17, 15) is 51.9 Å². The number of amides is 9. The Bertz CT molecular complexity index is 1880. The lowest BCUT2D eigenvalue weighted by Gasteiger charge is -2.32. The van der Waals surface area contributed by atoms with Gasteiger partial charge in [0.2, 0.25) is 11.8 Å². The molecule has 0 aromatic heterocycles. The van der Waals surface area contributed by atoms with Crippen LogP contribution in [-0.2, 0) is 33.5 Å². The van der Waals surface area contributed by atoms with Gasteiger partial charge in [0.15, 0.2) is 23.4 Å². The number of ether oxygens (including phenoxy) is 1. The van der Waals surface area contributed by atoms with E-state index in [0.29, 0.717) is 5.56 Å². The van der Waals surface area contributed by atoms with Gasteiger partial charge in [0.1, 0.15) is 17.2 Å². The molecule has 16 nitrogen and oxygen atoms in total. The van der Waals surface area contributed by atoms with Gasteiger partial charge in [0, 0.05) is 31.0 Å². The van der Waals surface area contributed by atoms with Crippen LogP contribution in [0.15, 0.2) is 48.5 Å². The van der Waals surface area contributed by atoms with Crippen LogP contribution in [0, 0.1) is 23.5 Å². The molecule has 9 amide bonds. The smallest absolute Gasteiger partial charge is 0.408 e. The fraction of sp³-hybridized carbons (Fsp3) is 0.432. The number of urea groups is 2. The topological polar surface area (TPSA) is 231 Å².